The van der Waals surface area contributed by atoms with Gasteiger partial charge in [0.2, 0.25) is 0 Å². The van der Waals surface area contributed by atoms with Crippen LogP contribution in [0.4, 0.5) is 9.18 Å². The first-order valence-corrected chi connectivity index (χ1v) is 8.05. The van der Waals surface area contributed by atoms with Crippen LogP contribution in [0.5, 0.6) is 0 Å². The van der Waals surface area contributed by atoms with Crippen molar-refractivity contribution >= 4 is 22.0 Å². The zero-order valence-corrected chi connectivity index (χ0v) is 14.5. The molecular weight excluding hydrogens is 353 g/mol. The van der Waals surface area contributed by atoms with Gasteiger partial charge in [0, 0.05) is 10.0 Å². The smallest absolute Gasteiger partial charge is 0.408 e. The minimum absolute atomic E-state index is 0.00572. The quantitative estimate of drug-likeness (QED) is 0.845. The number of carbonyl (C=O) groups is 1. The van der Waals surface area contributed by atoms with Crippen LogP contribution in [0.3, 0.4) is 0 Å². The minimum atomic E-state index is -1.16. The summed E-state index contributed by atoms with van der Waals surface area (Å²) >= 11 is 3.31. The molecule has 122 valence electrons. The summed E-state index contributed by atoms with van der Waals surface area (Å²) in [6.45, 7) is 4.88. The lowest BCUT2D eigenvalue weighted by Crippen LogP contribution is -2.52. The molecule has 1 saturated carbocycles. The highest BCUT2D eigenvalue weighted by Gasteiger charge is 2.49. The van der Waals surface area contributed by atoms with Crippen molar-refractivity contribution in [3.8, 4) is 0 Å². The fourth-order valence-corrected chi connectivity index (χ4v) is 2.91. The Morgan fingerprint density at radius 1 is 1.45 bits per heavy atom. The number of hydrogen-bond acceptors (Lipinski definition) is 3. The third-order valence-corrected chi connectivity index (χ3v) is 4.15. The average Bonchev–Trinajstić information content (AvgIpc) is 3.21. The van der Waals surface area contributed by atoms with Crippen molar-refractivity contribution in [3.63, 3.8) is 0 Å². The molecule has 22 heavy (non-hydrogen) atoms. The van der Waals surface area contributed by atoms with Crippen LogP contribution in [0.2, 0.25) is 0 Å². The molecule has 1 aromatic carbocycles. The standard InChI is InChI=1S/C16H21BrFNO3/c1-15(2,3)22-14(21)19-16(9-20,10-4-5-10)12-8-11(17)6-7-13(12)18/h6-8,10,20H,4-5,9H2,1-3H3,(H,19,21). The number of nitrogens with one attached hydrogen (secondary N) is 1. The molecule has 0 radical (unpaired) electrons. The molecule has 0 saturated heterocycles. The first-order chi connectivity index (χ1) is 10.2. The molecule has 0 aliphatic heterocycles. The third-order valence-electron chi connectivity index (χ3n) is 3.66. The Morgan fingerprint density at radius 2 is 2.09 bits per heavy atom. The monoisotopic (exact) mass is 373 g/mol. The molecule has 6 heteroatoms. The van der Waals surface area contributed by atoms with Gasteiger partial charge >= 0.3 is 6.09 Å². The molecule has 0 heterocycles. The van der Waals surface area contributed by atoms with Crippen LogP contribution in [0, 0.1) is 11.7 Å². The molecule has 0 aromatic heterocycles. The second kappa shape index (κ2) is 6.16. The number of rotatable bonds is 4. The van der Waals surface area contributed by atoms with Crippen molar-refractivity contribution in [2.75, 3.05) is 6.61 Å². The highest BCUT2D eigenvalue weighted by atomic mass is 79.9. The number of benzene rings is 1. The fourth-order valence-electron chi connectivity index (χ4n) is 2.54. The van der Waals surface area contributed by atoms with Gasteiger partial charge in [0.1, 0.15) is 11.4 Å². The van der Waals surface area contributed by atoms with E-state index in [1.165, 1.54) is 6.07 Å². The van der Waals surface area contributed by atoms with E-state index >= 15 is 0 Å². The molecule has 1 aliphatic rings. The van der Waals surface area contributed by atoms with Crippen LogP contribution >= 0.6 is 15.9 Å². The normalized spacial score (nSPS) is 17.7. The van der Waals surface area contributed by atoms with Gasteiger partial charge in [-0.05, 0) is 57.7 Å². The maximum atomic E-state index is 14.3. The first-order valence-electron chi connectivity index (χ1n) is 7.25. The summed E-state index contributed by atoms with van der Waals surface area (Å²) in [5.41, 5.74) is -1.54. The molecule has 1 amide bonds. The predicted octanol–water partition coefficient (Wildman–Crippen LogP) is 3.71. The second-order valence-electron chi connectivity index (χ2n) is 6.65. The first kappa shape index (κ1) is 17.2. The summed E-state index contributed by atoms with van der Waals surface area (Å²) in [6, 6.07) is 4.51. The van der Waals surface area contributed by atoms with E-state index in [0.717, 1.165) is 12.8 Å². The van der Waals surface area contributed by atoms with Gasteiger partial charge in [0.25, 0.3) is 0 Å². The van der Waals surface area contributed by atoms with Gasteiger partial charge in [0.05, 0.1) is 12.1 Å². The Balaban J connectivity index is 2.36. The van der Waals surface area contributed by atoms with Gasteiger partial charge < -0.3 is 15.2 Å². The van der Waals surface area contributed by atoms with E-state index < -0.39 is 23.1 Å². The average molecular weight is 374 g/mol. The molecule has 0 spiro atoms. The highest BCUT2D eigenvalue weighted by molar-refractivity contribution is 9.10. The lowest BCUT2D eigenvalue weighted by molar-refractivity contribution is 0.0356. The number of hydrogen-bond donors (Lipinski definition) is 2. The molecule has 2 N–H and O–H groups in total. The molecule has 0 bridgehead atoms. The number of carbonyl (C=O) groups excluding carboxylic acids is 1. The number of ether oxygens (including phenoxy) is 1. The van der Waals surface area contributed by atoms with Crippen molar-refractivity contribution in [1.29, 1.82) is 0 Å². The van der Waals surface area contributed by atoms with Crippen LogP contribution in [-0.4, -0.2) is 23.4 Å². The Bertz CT molecular complexity index is 569. The lowest BCUT2D eigenvalue weighted by atomic mass is 9.85. The van der Waals surface area contributed by atoms with Crippen molar-refractivity contribution < 1.29 is 19.0 Å². The van der Waals surface area contributed by atoms with E-state index in [1.807, 2.05) is 0 Å². The van der Waals surface area contributed by atoms with Crippen LogP contribution in [-0.2, 0) is 10.3 Å². The predicted molar refractivity (Wildman–Crippen MR) is 85.0 cm³/mol. The van der Waals surface area contributed by atoms with Crippen LogP contribution in [0.25, 0.3) is 0 Å². The maximum absolute atomic E-state index is 14.3. The van der Waals surface area contributed by atoms with E-state index in [4.69, 9.17) is 4.74 Å². The van der Waals surface area contributed by atoms with Crippen molar-refractivity contribution in [1.82, 2.24) is 5.32 Å². The fraction of sp³-hybridized carbons (Fsp3) is 0.562. The highest BCUT2D eigenvalue weighted by Crippen LogP contribution is 2.46. The Labute approximate surface area is 138 Å². The molecule has 1 atom stereocenters. The summed E-state index contributed by atoms with van der Waals surface area (Å²) in [6.07, 6.45) is 0.984. The summed E-state index contributed by atoms with van der Waals surface area (Å²) < 4.78 is 20.3. The van der Waals surface area contributed by atoms with E-state index in [1.54, 1.807) is 32.9 Å². The van der Waals surface area contributed by atoms with Crippen molar-refractivity contribution in [2.24, 2.45) is 5.92 Å². The van der Waals surface area contributed by atoms with E-state index in [-0.39, 0.29) is 18.1 Å². The summed E-state index contributed by atoms with van der Waals surface area (Å²) in [4.78, 5) is 12.2. The Hall–Kier alpha value is -1.14. The number of aliphatic hydroxyl groups is 1. The zero-order chi connectivity index (χ0) is 16.5. The van der Waals surface area contributed by atoms with E-state index in [2.05, 4.69) is 21.2 Å². The molecule has 1 fully saturated rings. The zero-order valence-electron chi connectivity index (χ0n) is 13.0. The third kappa shape index (κ3) is 3.79. The maximum Gasteiger partial charge on any atom is 0.408 e. The number of aliphatic hydroxyl groups excluding tert-OH is 1. The molecular formula is C16H21BrFNO3. The molecule has 4 nitrogen and oxygen atoms in total. The second-order valence-corrected chi connectivity index (χ2v) is 7.57. The van der Waals surface area contributed by atoms with Gasteiger partial charge in [-0.1, -0.05) is 15.9 Å². The van der Waals surface area contributed by atoms with Crippen LogP contribution in [0.15, 0.2) is 22.7 Å². The SMILES string of the molecule is CC(C)(C)OC(=O)NC(CO)(c1cc(Br)ccc1F)C1CC1. The summed E-state index contributed by atoms with van der Waals surface area (Å²) in [5.74, 6) is -0.464. The van der Waals surface area contributed by atoms with Gasteiger partial charge in [-0.25, -0.2) is 9.18 Å². The van der Waals surface area contributed by atoms with Gasteiger partial charge in [-0.3, -0.25) is 0 Å². The summed E-state index contributed by atoms with van der Waals surface area (Å²) in [5, 5.41) is 12.7. The number of alkyl carbamates (subject to hydrolysis) is 1. The topological polar surface area (TPSA) is 58.6 Å². The largest absolute Gasteiger partial charge is 0.444 e. The van der Waals surface area contributed by atoms with Crippen LogP contribution < -0.4 is 5.32 Å². The van der Waals surface area contributed by atoms with Crippen molar-refractivity contribution in [3.05, 3.63) is 34.1 Å². The van der Waals surface area contributed by atoms with Gasteiger partial charge in [0.15, 0.2) is 0 Å². The Morgan fingerprint density at radius 3 is 2.59 bits per heavy atom. The Kier molecular flexibility index (Phi) is 4.82. The molecule has 1 aliphatic carbocycles. The van der Waals surface area contributed by atoms with Crippen molar-refractivity contribution in [2.45, 2.75) is 44.8 Å². The van der Waals surface area contributed by atoms with Crippen LogP contribution in [0.1, 0.15) is 39.2 Å². The number of amides is 1. The number of halogens is 2. The van der Waals surface area contributed by atoms with Gasteiger partial charge in [-0.15, -0.1) is 0 Å². The van der Waals surface area contributed by atoms with E-state index in [9.17, 15) is 14.3 Å². The minimum Gasteiger partial charge on any atom is -0.444 e. The molecule has 2 rings (SSSR count). The molecule has 1 unspecified atom stereocenters. The molecule has 1 aromatic rings. The summed E-state index contributed by atoms with van der Waals surface area (Å²) in [7, 11) is 0. The lowest BCUT2D eigenvalue weighted by Gasteiger charge is -2.35. The van der Waals surface area contributed by atoms with E-state index in [0.29, 0.717) is 4.47 Å². The van der Waals surface area contributed by atoms with Gasteiger partial charge in [-0.2, -0.15) is 0 Å².